The van der Waals surface area contributed by atoms with E-state index >= 15 is 0 Å². The van der Waals surface area contributed by atoms with Crippen LogP contribution in [-0.4, -0.2) is 32.5 Å². The first-order valence-electron chi connectivity index (χ1n) is 5.34. The third-order valence-electron chi connectivity index (χ3n) is 2.30. The highest BCUT2D eigenvalue weighted by Gasteiger charge is 2.05. The second-order valence-corrected chi connectivity index (χ2v) is 3.91. The molecule has 3 N–H and O–H groups in total. The number of carbonyl (C=O) groups is 2. The Morgan fingerprint density at radius 3 is 2.29 bits per heavy atom. The molecule has 2 amide bonds. The molecular weight excluding hydrogens is 218 g/mol. The van der Waals surface area contributed by atoms with Crippen LogP contribution in [0.15, 0.2) is 24.3 Å². The van der Waals surface area contributed by atoms with Crippen LogP contribution >= 0.6 is 0 Å². The van der Waals surface area contributed by atoms with Crippen molar-refractivity contribution in [3.63, 3.8) is 0 Å². The van der Waals surface area contributed by atoms with Crippen LogP contribution < -0.4 is 16.0 Å². The molecule has 0 aliphatic rings. The van der Waals surface area contributed by atoms with Crippen LogP contribution in [0, 0.1) is 0 Å². The van der Waals surface area contributed by atoms with Gasteiger partial charge in [-0.3, -0.25) is 9.59 Å². The Bertz CT molecular complexity index is 399. The molecule has 0 fully saturated rings. The van der Waals surface area contributed by atoms with Crippen LogP contribution in [-0.2, 0) is 4.79 Å². The van der Waals surface area contributed by atoms with Gasteiger partial charge in [-0.15, -0.1) is 0 Å². The van der Waals surface area contributed by atoms with Gasteiger partial charge in [-0.25, -0.2) is 0 Å². The summed E-state index contributed by atoms with van der Waals surface area (Å²) < 4.78 is 0. The van der Waals surface area contributed by atoms with Crippen LogP contribution in [0.2, 0.25) is 0 Å². The van der Waals surface area contributed by atoms with E-state index in [1.54, 1.807) is 12.1 Å². The number of nitrogens with one attached hydrogen (secondary N) is 1. The average molecular weight is 235 g/mol. The molecule has 0 radical (unpaired) electrons. The number of hydrogen-bond donors (Lipinski definition) is 2. The maximum absolute atomic E-state index is 11.6. The summed E-state index contributed by atoms with van der Waals surface area (Å²) in [6, 6.07) is 7.22. The van der Waals surface area contributed by atoms with Crippen LogP contribution in [0.3, 0.4) is 0 Å². The first kappa shape index (κ1) is 13.0. The normalized spacial score (nSPS) is 9.76. The summed E-state index contributed by atoms with van der Waals surface area (Å²) in [4.78, 5) is 24.1. The van der Waals surface area contributed by atoms with Crippen molar-refractivity contribution in [2.75, 3.05) is 25.5 Å². The van der Waals surface area contributed by atoms with E-state index in [1.807, 2.05) is 31.1 Å². The number of nitrogens with two attached hydrogens (primary N) is 1. The Morgan fingerprint density at radius 1 is 1.24 bits per heavy atom. The highest BCUT2D eigenvalue weighted by molar-refractivity contribution is 5.94. The quantitative estimate of drug-likeness (QED) is 0.773. The van der Waals surface area contributed by atoms with Crippen molar-refractivity contribution in [1.29, 1.82) is 0 Å². The van der Waals surface area contributed by atoms with Gasteiger partial charge >= 0.3 is 0 Å². The molecule has 5 nitrogen and oxygen atoms in total. The molecule has 92 valence electrons. The zero-order valence-electron chi connectivity index (χ0n) is 10.1. The number of anilines is 1. The molecular formula is C12H17N3O2. The van der Waals surface area contributed by atoms with E-state index in [0.29, 0.717) is 5.56 Å². The molecule has 1 aromatic carbocycles. The van der Waals surface area contributed by atoms with Crippen molar-refractivity contribution in [2.45, 2.75) is 6.42 Å². The average Bonchev–Trinajstić information content (AvgIpc) is 2.28. The van der Waals surface area contributed by atoms with Gasteiger partial charge in [0.25, 0.3) is 5.91 Å². The summed E-state index contributed by atoms with van der Waals surface area (Å²) in [6.07, 6.45) is 0.154. The van der Waals surface area contributed by atoms with Crippen molar-refractivity contribution in [1.82, 2.24) is 5.32 Å². The Kier molecular flexibility index (Phi) is 4.51. The van der Waals surface area contributed by atoms with Gasteiger partial charge in [-0.05, 0) is 24.3 Å². The smallest absolute Gasteiger partial charge is 0.251 e. The van der Waals surface area contributed by atoms with Gasteiger partial charge < -0.3 is 16.0 Å². The summed E-state index contributed by atoms with van der Waals surface area (Å²) in [6.45, 7) is 0.267. The van der Waals surface area contributed by atoms with Gasteiger partial charge in [-0.1, -0.05) is 0 Å². The predicted molar refractivity (Wildman–Crippen MR) is 66.9 cm³/mol. The molecule has 1 aromatic rings. The minimum atomic E-state index is -0.423. The number of nitrogens with zero attached hydrogens (tertiary/aromatic N) is 1. The highest BCUT2D eigenvalue weighted by Crippen LogP contribution is 2.11. The molecule has 0 spiro atoms. The minimum absolute atomic E-state index is 0.154. The number of primary amides is 1. The summed E-state index contributed by atoms with van der Waals surface area (Å²) in [5, 5.41) is 2.63. The zero-order chi connectivity index (χ0) is 12.8. The lowest BCUT2D eigenvalue weighted by molar-refractivity contribution is -0.117. The SMILES string of the molecule is CN(C)c1ccc(C(=O)NCCC(N)=O)cc1. The van der Waals surface area contributed by atoms with Gasteiger partial charge in [0.1, 0.15) is 0 Å². The van der Waals surface area contributed by atoms with Crippen LogP contribution in [0.25, 0.3) is 0 Å². The summed E-state index contributed by atoms with van der Waals surface area (Å²) in [5.74, 6) is -0.621. The molecule has 0 unspecified atom stereocenters. The lowest BCUT2D eigenvalue weighted by Gasteiger charge is -2.12. The monoisotopic (exact) mass is 235 g/mol. The molecule has 1 rings (SSSR count). The number of rotatable bonds is 5. The molecule has 17 heavy (non-hydrogen) atoms. The van der Waals surface area contributed by atoms with Crippen LogP contribution in [0.1, 0.15) is 16.8 Å². The summed E-state index contributed by atoms with van der Waals surface area (Å²) >= 11 is 0. The Balaban J connectivity index is 2.54. The molecule has 0 saturated heterocycles. The second kappa shape index (κ2) is 5.89. The number of carbonyl (C=O) groups excluding carboxylic acids is 2. The van der Waals surface area contributed by atoms with Crippen LogP contribution in [0.5, 0.6) is 0 Å². The maximum atomic E-state index is 11.6. The van der Waals surface area contributed by atoms with E-state index in [-0.39, 0.29) is 18.9 Å². The van der Waals surface area contributed by atoms with Gasteiger partial charge in [0, 0.05) is 38.3 Å². The Labute approximate surface area is 101 Å². The predicted octanol–water partition coefficient (Wildman–Crippen LogP) is 0.358. The Hall–Kier alpha value is -2.04. The third-order valence-corrected chi connectivity index (χ3v) is 2.30. The first-order chi connectivity index (χ1) is 8.00. The molecule has 0 saturated carbocycles. The van der Waals surface area contributed by atoms with Crippen molar-refractivity contribution in [2.24, 2.45) is 5.73 Å². The van der Waals surface area contributed by atoms with Gasteiger partial charge in [0.2, 0.25) is 5.91 Å². The standard InChI is InChI=1S/C12H17N3O2/c1-15(2)10-5-3-9(4-6-10)12(17)14-8-7-11(13)16/h3-6H,7-8H2,1-2H3,(H2,13,16)(H,14,17). The fraction of sp³-hybridized carbons (Fsp3) is 0.333. The first-order valence-corrected chi connectivity index (χ1v) is 5.34. The van der Waals surface area contributed by atoms with Crippen molar-refractivity contribution in [3.05, 3.63) is 29.8 Å². The maximum Gasteiger partial charge on any atom is 0.251 e. The lowest BCUT2D eigenvalue weighted by atomic mass is 10.2. The van der Waals surface area contributed by atoms with E-state index in [1.165, 1.54) is 0 Å². The minimum Gasteiger partial charge on any atom is -0.378 e. The number of hydrogen-bond acceptors (Lipinski definition) is 3. The van der Waals surface area contributed by atoms with Gasteiger partial charge in [0.15, 0.2) is 0 Å². The summed E-state index contributed by atoms with van der Waals surface area (Å²) in [5.41, 5.74) is 6.57. The van der Waals surface area contributed by atoms with Crippen molar-refractivity contribution < 1.29 is 9.59 Å². The number of benzene rings is 1. The van der Waals surface area contributed by atoms with E-state index in [4.69, 9.17) is 5.73 Å². The molecule has 0 bridgehead atoms. The highest BCUT2D eigenvalue weighted by atomic mass is 16.2. The fourth-order valence-electron chi connectivity index (χ4n) is 1.31. The zero-order valence-corrected chi connectivity index (χ0v) is 10.1. The molecule has 0 aliphatic heterocycles. The van der Waals surface area contributed by atoms with E-state index in [0.717, 1.165) is 5.69 Å². The van der Waals surface area contributed by atoms with Crippen LogP contribution in [0.4, 0.5) is 5.69 Å². The van der Waals surface area contributed by atoms with Crippen molar-refractivity contribution in [3.8, 4) is 0 Å². The summed E-state index contributed by atoms with van der Waals surface area (Å²) in [7, 11) is 3.86. The molecule has 0 atom stereocenters. The molecule has 0 heterocycles. The van der Waals surface area contributed by atoms with Gasteiger partial charge in [0.05, 0.1) is 0 Å². The topological polar surface area (TPSA) is 75.4 Å². The second-order valence-electron chi connectivity index (χ2n) is 3.91. The molecule has 5 heteroatoms. The lowest BCUT2D eigenvalue weighted by Crippen LogP contribution is -2.27. The third kappa shape index (κ3) is 4.14. The number of amides is 2. The largest absolute Gasteiger partial charge is 0.378 e. The van der Waals surface area contributed by atoms with Gasteiger partial charge in [-0.2, -0.15) is 0 Å². The van der Waals surface area contributed by atoms with Crippen molar-refractivity contribution >= 4 is 17.5 Å². The Morgan fingerprint density at radius 2 is 1.82 bits per heavy atom. The molecule has 0 aliphatic carbocycles. The van der Waals surface area contributed by atoms with E-state index in [2.05, 4.69) is 5.32 Å². The van der Waals surface area contributed by atoms with E-state index < -0.39 is 5.91 Å². The fourth-order valence-corrected chi connectivity index (χ4v) is 1.31. The molecule has 0 aromatic heterocycles. The van der Waals surface area contributed by atoms with E-state index in [9.17, 15) is 9.59 Å².